The minimum absolute atomic E-state index is 0.223. The molecule has 0 atom stereocenters. The number of halogens is 2. The molecule has 0 bridgehead atoms. The number of carbonyl (C=O) groups excluding carboxylic acids is 1. The number of hydrogen-bond donors (Lipinski definition) is 0. The topological polar surface area (TPSA) is 57.1 Å². The van der Waals surface area contributed by atoms with Crippen molar-refractivity contribution < 1.29 is 19.0 Å². The molecule has 0 amide bonds. The zero-order valence-corrected chi connectivity index (χ0v) is 20.2. The lowest BCUT2D eigenvalue weighted by Crippen LogP contribution is -2.05. The van der Waals surface area contributed by atoms with E-state index < -0.39 is 5.97 Å². The lowest BCUT2D eigenvalue weighted by molar-refractivity contribution is -0.129. The fourth-order valence-corrected chi connectivity index (χ4v) is 4.06. The summed E-state index contributed by atoms with van der Waals surface area (Å²) in [4.78, 5) is 16.7. The standard InChI is InChI=1S/C24H17BrINO4/c1-29-22-13-15(9-10-21(22)30-14-16-5-4-6-17(26)11-16)12-20-24(28)31-23(27-20)18-7-2-3-8-19(18)25/h2-13H,14H2,1H3/b20-12-. The molecule has 7 heteroatoms. The van der Waals surface area contributed by atoms with Gasteiger partial charge in [-0.15, -0.1) is 0 Å². The van der Waals surface area contributed by atoms with Gasteiger partial charge in [-0.05, 0) is 92.1 Å². The Balaban J connectivity index is 1.55. The average Bonchev–Trinajstić information content (AvgIpc) is 3.13. The van der Waals surface area contributed by atoms with Gasteiger partial charge in [0, 0.05) is 8.04 Å². The van der Waals surface area contributed by atoms with Crippen LogP contribution in [0.4, 0.5) is 0 Å². The van der Waals surface area contributed by atoms with Gasteiger partial charge in [0.1, 0.15) is 6.61 Å². The van der Waals surface area contributed by atoms with Gasteiger partial charge < -0.3 is 14.2 Å². The summed E-state index contributed by atoms with van der Waals surface area (Å²) in [6, 6.07) is 21.0. The highest BCUT2D eigenvalue weighted by atomic mass is 127. The number of cyclic esters (lactones) is 1. The molecular formula is C24H17BrINO4. The summed E-state index contributed by atoms with van der Waals surface area (Å²) in [5.41, 5.74) is 2.77. The lowest BCUT2D eigenvalue weighted by atomic mass is 10.1. The maximum Gasteiger partial charge on any atom is 0.363 e. The van der Waals surface area contributed by atoms with Gasteiger partial charge in [0.05, 0.1) is 12.7 Å². The number of methoxy groups -OCH3 is 1. The van der Waals surface area contributed by atoms with Crippen LogP contribution >= 0.6 is 38.5 Å². The first-order valence-electron chi connectivity index (χ1n) is 9.36. The number of esters is 1. The highest BCUT2D eigenvalue weighted by Gasteiger charge is 2.25. The summed E-state index contributed by atoms with van der Waals surface area (Å²) in [5.74, 6) is 0.966. The summed E-state index contributed by atoms with van der Waals surface area (Å²) in [6.45, 7) is 0.430. The first kappa shape index (κ1) is 21.6. The van der Waals surface area contributed by atoms with E-state index in [-0.39, 0.29) is 11.6 Å². The molecule has 0 radical (unpaired) electrons. The van der Waals surface area contributed by atoms with E-state index in [1.165, 1.54) is 0 Å². The van der Waals surface area contributed by atoms with Crippen LogP contribution in [0.15, 0.2) is 81.9 Å². The minimum atomic E-state index is -0.497. The molecule has 0 aliphatic carbocycles. The van der Waals surface area contributed by atoms with Crippen molar-refractivity contribution in [2.24, 2.45) is 4.99 Å². The van der Waals surface area contributed by atoms with Crippen LogP contribution in [0.1, 0.15) is 16.7 Å². The summed E-state index contributed by atoms with van der Waals surface area (Å²) in [7, 11) is 1.58. The SMILES string of the molecule is COc1cc(/C=C2\N=C(c3ccccc3Br)OC2=O)ccc1OCc1cccc(I)c1. The van der Waals surface area contributed by atoms with Gasteiger partial charge in [-0.2, -0.15) is 0 Å². The second-order valence-corrected chi connectivity index (χ2v) is 8.74. The van der Waals surface area contributed by atoms with E-state index in [4.69, 9.17) is 14.2 Å². The number of ether oxygens (including phenoxy) is 3. The highest BCUT2D eigenvalue weighted by Crippen LogP contribution is 2.31. The number of benzene rings is 3. The molecule has 0 unspecified atom stereocenters. The molecule has 0 aromatic heterocycles. The Labute approximate surface area is 202 Å². The summed E-state index contributed by atoms with van der Waals surface area (Å²) >= 11 is 5.73. The van der Waals surface area contributed by atoms with Gasteiger partial charge in [0.25, 0.3) is 0 Å². The third-order valence-corrected chi connectivity index (χ3v) is 5.86. The number of nitrogens with zero attached hydrogens (tertiary/aromatic N) is 1. The van der Waals surface area contributed by atoms with Gasteiger partial charge >= 0.3 is 5.97 Å². The lowest BCUT2D eigenvalue weighted by Gasteiger charge is -2.11. The Morgan fingerprint density at radius 1 is 1.06 bits per heavy atom. The molecule has 1 aliphatic rings. The smallest absolute Gasteiger partial charge is 0.363 e. The van der Waals surface area contributed by atoms with Crippen LogP contribution in [0.5, 0.6) is 11.5 Å². The predicted molar refractivity (Wildman–Crippen MR) is 131 cm³/mol. The van der Waals surface area contributed by atoms with Crippen LogP contribution in [0.25, 0.3) is 6.08 Å². The van der Waals surface area contributed by atoms with E-state index in [0.29, 0.717) is 18.1 Å². The van der Waals surface area contributed by atoms with Gasteiger partial charge in [-0.25, -0.2) is 9.79 Å². The van der Waals surface area contributed by atoms with E-state index in [9.17, 15) is 4.79 Å². The van der Waals surface area contributed by atoms with Crippen molar-refractivity contribution in [3.8, 4) is 11.5 Å². The second kappa shape index (κ2) is 9.65. The number of rotatable bonds is 6. The molecule has 4 rings (SSSR count). The molecule has 0 saturated carbocycles. The van der Waals surface area contributed by atoms with E-state index in [0.717, 1.165) is 24.7 Å². The minimum Gasteiger partial charge on any atom is -0.493 e. The highest BCUT2D eigenvalue weighted by molar-refractivity contribution is 14.1. The van der Waals surface area contributed by atoms with Crippen molar-refractivity contribution in [3.05, 3.63) is 97.2 Å². The number of carbonyl (C=O) groups is 1. The Morgan fingerprint density at radius 2 is 1.90 bits per heavy atom. The fraction of sp³-hybridized carbons (Fsp3) is 0.0833. The van der Waals surface area contributed by atoms with Crippen LogP contribution in [0.3, 0.4) is 0 Å². The normalized spacial score (nSPS) is 14.4. The maximum atomic E-state index is 12.3. The molecule has 0 N–H and O–H groups in total. The second-order valence-electron chi connectivity index (χ2n) is 6.64. The molecule has 5 nitrogen and oxygen atoms in total. The van der Waals surface area contributed by atoms with E-state index in [1.807, 2.05) is 54.6 Å². The first-order chi connectivity index (χ1) is 15.0. The summed E-state index contributed by atoms with van der Waals surface area (Å²) in [6.07, 6.45) is 1.66. The van der Waals surface area contributed by atoms with Crippen LogP contribution in [0.2, 0.25) is 0 Å². The van der Waals surface area contributed by atoms with E-state index >= 15 is 0 Å². The van der Waals surface area contributed by atoms with Crippen LogP contribution in [0, 0.1) is 3.57 Å². The van der Waals surface area contributed by atoms with Crippen molar-refractivity contribution in [3.63, 3.8) is 0 Å². The fourth-order valence-electron chi connectivity index (χ4n) is 3.00. The van der Waals surface area contributed by atoms with Gasteiger partial charge in [0.2, 0.25) is 5.90 Å². The quantitative estimate of drug-likeness (QED) is 0.201. The molecule has 3 aromatic carbocycles. The largest absolute Gasteiger partial charge is 0.493 e. The van der Waals surface area contributed by atoms with Crippen molar-refractivity contribution in [2.75, 3.05) is 7.11 Å². The molecule has 1 aliphatic heterocycles. The van der Waals surface area contributed by atoms with Crippen molar-refractivity contribution in [1.29, 1.82) is 0 Å². The van der Waals surface area contributed by atoms with E-state index in [2.05, 4.69) is 49.6 Å². The average molecular weight is 590 g/mol. The summed E-state index contributed by atoms with van der Waals surface area (Å²) in [5, 5.41) is 0. The zero-order valence-electron chi connectivity index (χ0n) is 16.5. The molecule has 3 aromatic rings. The van der Waals surface area contributed by atoms with Gasteiger partial charge in [-0.3, -0.25) is 0 Å². The van der Waals surface area contributed by atoms with Crippen LogP contribution < -0.4 is 9.47 Å². The first-order valence-corrected chi connectivity index (χ1v) is 11.2. The van der Waals surface area contributed by atoms with Crippen molar-refractivity contribution in [1.82, 2.24) is 0 Å². The number of hydrogen-bond acceptors (Lipinski definition) is 5. The Kier molecular flexibility index (Phi) is 6.72. The van der Waals surface area contributed by atoms with Crippen molar-refractivity contribution >= 4 is 56.5 Å². The number of aliphatic imine (C=N–C) groups is 1. The Hall–Kier alpha value is -2.65. The molecular weight excluding hydrogens is 573 g/mol. The van der Waals surface area contributed by atoms with Crippen LogP contribution in [-0.2, 0) is 16.1 Å². The van der Waals surface area contributed by atoms with Gasteiger partial charge in [-0.1, -0.05) is 30.3 Å². The van der Waals surface area contributed by atoms with E-state index in [1.54, 1.807) is 19.3 Å². The molecule has 156 valence electrons. The maximum absolute atomic E-state index is 12.3. The van der Waals surface area contributed by atoms with Crippen LogP contribution in [-0.4, -0.2) is 19.0 Å². The van der Waals surface area contributed by atoms with Crippen molar-refractivity contribution in [2.45, 2.75) is 6.61 Å². The molecule has 0 spiro atoms. The Bertz CT molecular complexity index is 1210. The molecule has 0 saturated heterocycles. The monoisotopic (exact) mass is 589 g/mol. The zero-order chi connectivity index (χ0) is 21.8. The summed E-state index contributed by atoms with van der Waals surface area (Å²) < 4.78 is 18.7. The molecule has 31 heavy (non-hydrogen) atoms. The third-order valence-electron chi connectivity index (χ3n) is 4.50. The molecule has 1 heterocycles. The third kappa shape index (κ3) is 5.16. The Morgan fingerprint density at radius 3 is 2.68 bits per heavy atom. The predicted octanol–water partition coefficient (Wildman–Crippen LogP) is 5.99. The molecule has 0 fully saturated rings. The van der Waals surface area contributed by atoms with Gasteiger partial charge in [0.15, 0.2) is 17.2 Å².